The summed E-state index contributed by atoms with van der Waals surface area (Å²) in [5, 5.41) is 13.8. The first-order valence-electron chi connectivity index (χ1n) is 8.67. The quantitative estimate of drug-likeness (QED) is 0.259. The van der Waals surface area contributed by atoms with E-state index >= 15 is 0 Å². The molecule has 2 rings (SSSR count). The van der Waals surface area contributed by atoms with Gasteiger partial charge in [-0.3, -0.25) is 5.10 Å². The summed E-state index contributed by atoms with van der Waals surface area (Å²) in [7, 11) is 0. The molecule has 0 atom stereocenters. The van der Waals surface area contributed by atoms with Crippen LogP contribution in [0.1, 0.15) is 41.3 Å². The van der Waals surface area contributed by atoms with Gasteiger partial charge in [-0.15, -0.1) is 24.0 Å². The average Bonchev–Trinajstić information content (AvgIpc) is 2.95. The van der Waals surface area contributed by atoms with Crippen molar-refractivity contribution in [3.63, 3.8) is 0 Å². The lowest BCUT2D eigenvalue weighted by Gasteiger charge is -2.12. The molecule has 3 N–H and O–H groups in total. The molecule has 5 nitrogen and oxygen atoms in total. The van der Waals surface area contributed by atoms with Crippen molar-refractivity contribution >= 4 is 29.9 Å². The normalized spacial score (nSPS) is 11.1. The van der Waals surface area contributed by atoms with Gasteiger partial charge in [0, 0.05) is 18.8 Å². The number of aromatic nitrogens is 2. The second-order valence-electron chi connectivity index (χ2n) is 6.18. The highest BCUT2D eigenvalue weighted by atomic mass is 127. The molecular formula is C19H30IN5. The molecule has 1 aromatic carbocycles. The summed E-state index contributed by atoms with van der Waals surface area (Å²) >= 11 is 0. The molecule has 0 aliphatic rings. The maximum Gasteiger partial charge on any atom is 0.191 e. The SMILES string of the molecule is CCNC(=NCc1ccc(C)cc1C)NCCCc1cn[nH]c1C.I. The van der Waals surface area contributed by atoms with Crippen molar-refractivity contribution < 1.29 is 0 Å². The molecule has 6 heteroatoms. The minimum Gasteiger partial charge on any atom is -0.357 e. The Bertz CT molecular complexity index is 678. The van der Waals surface area contributed by atoms with E-state index in [-0.39, 0.29) is 24.0 Å². The number of aryl methyl sites for hydroxylation is 4. The third kappa shape index (κ3) is 7.05. The smallest absolute Gasteiger partial charge is 0.191 e. The lowest BCUT2D eigenvalue weighted by molar-refractivity contribution is 0.742. The number of guanidine groups is 1. The van der Waals surface area contributed by atoms with E-state index in [9.17, 15) is 0 Å². The first-order valence-corrected chi connectivity index (χ1v) is 8.67. The minimum atomic E-state index is 0. The van der Waals surface area contributed by atoms with Crippen molar-refractivity contribution in [3.05, 3.63) is 52.3 Å². The molecule has 0 radical (unpaired) electrons. The monoisotopic (exact) mass is 455 g/mol. The summed E-state index contributed by atoms with van der Waals surface area (Å²) in [4.78, 5) is 4.70. The Labute approximate surface area is 168 Å². The number of benzene rings is 1. The summed E-state index contributed by atoms with van der Waals surface area (Å²) in [6.45, 7) is 10.9. The van der Waals surface area contributed by atoms with Crippen LogP contribution < -0.4 is 10.6 Å². The molecule has 2 aromatic rings. The molecule has 138 valence electrons. The van der Waals surface area contributed by atoms with Crippen molar-refractivity contribution in [2.75, 3.05) is 13.1 Å². The third-order valence-electron chi connectivity index (χ3n) is 4.10. The van der Waals surface area contributed by atoms with Crippen LogP contribution in [0.2, 0.25) is 0 Å². The standard InChI is InChI=1S/C19H29N5.HI/c1-5-20-19(21-10-6-7-18-13-23-24-16(18)4)22-12-17-9-8-14(2)11-15(17)3;/h8-9,11,13H,5-7,10,12H2,1-4H3,(H,23,24)(H2,20,21,22);1H. The number of nitrogens with one attached hydrogen (secondary N) is 3. The Morgan fingerprint density at radius 1 is 1.16 bits per heavy atom. The fourth-order valence-corrected chi connectivity index (χ4v) is 2.64. The predicted molar refractivity (Wildman–Crippen MR) is 116 cm³/mol. The summed E-state index contributed by atoms with van der Waals surface area (Å²) in [6, 6.07) is 6.52. The van der Waals surface area contributed by atoms with Gasteiger partial charge in [-0.25, -0.2) is 4.99 Å². The van der Waals surface area contributed by atoms with Crippen molar-refractivity contribution in [3.8, 4) is 0 Å². The van der Waals surface area contributed by atoms with Crippen LogP contribution in [0.3, 0.4) is 0 Å². The highest BCUT2D eigenvalue weighted by Gasteiger charge is 2.02. The second-order valence-corrected chi connectivity index (χ2v) is 6.18. The number of nitrogens with zero attached hydrogens (tertiary/aromatic N) is 2. The predicted octanol–water partition coefficient (Wildman–Crippen LogP) is 3.64. The summed E-state index contributed by atoms with van der Waals surface area (Å²) in [5.74, 6) is 0.876. The summed E-state index contributed by atoms with van der Waals surface area (Å²) in [5.41, 5.74) is 6.30. The van der Waals surface area contributed by atoms with Gasteiger partial charge in [0.05, 0.1) is 12.7 Å². The van der Waals surface area contributed by atoms with Gasteiger partial charge < -0.3 is 10.6 Å². The zero-order valence-corrected chi connectivity index (χ0v) is 18.0. The molecule has 1 aromatic heterocycles. The maximum absolute atomic E-state index is 4.70. The number of aliphatic imine (C=N–C) groups is 1. The van der Waals surface area contributed by atoms with E-state index in [0.717, 1.165) is 37.6 Å². The molecule has 0 aliphatic carbocycles. The van der Waals surface area contributed by atoms with Gasteiger partial charge in [0.2, 0.25) is 0 Å². The molecule has 0 unspecified atom stereocenters. The van der Waals surface area contributed by atoms with Crippen molar-refractivity contribution in [2.45, 2.75) is 47.1 Å². The average molecular weight is 455 g/mol. The topological polar surface area (TPSA) is 65.1 Å². The Morgan fingerprint density at radius 2 is 1.96 bits per heavy atom. The van der Waals surface area contributed by atoms with E-state index in [2.05, 4.69) is 66.7 Å². The van der Waals surface area contributed by atoms with Crippen LogP contribution in [0.25, 0.3) is 0 Å². The molecule has 0 spiro atoms. The van der Waals surface area contributed by atoms with E-state index in [1.165, 1.54) is 22.3 Å². The van der Waals surface area contributed by atoms with E-state index < -0.39 is 0 Å². The van der Waals surface area contributed by atoms with Crippen LogP contribution in [0.15, 0.2) is 29.4 Å². The fraction of sp³-hybridized carbons (Fsp3) is 0.474. The Hall–Kier alpha value is -1.57. The highest BCUT2D eigenvalue weighted by molar-refractivity contribution is 14.0. The molecule has 0 aliphatic heterocycles. The van der Waals surface area contributed by atoms with Crippen LogP contribution in [0.5, 0.6) is 0 Å². The lowest BCUT2D eigenvalue weighted by Crippen LogP contribution is -2.37. The fourth-order valence-electron chi connectivity index (χ4n) is 2.64. The molecule has 1 heterocycles. The van der Waals surface area contributed by atoms with Gasteiger partial charge in [0.15, 0.2) is 5.96 Å². The van der Waals surface area contributed by atoms with Crippen molar-refractivity contribution in [1.29, 1.82) is 0 Å². The van der Waals surface area contributed by atoms with Crippen LogP contribution in [0, 0.1) is 20.8 Å². The number of aromatic amines is 1. The van der Waals surface area contributed by atoms with Crippen LogP contribution >= 0.6 is 24.0 Å². The first kappa shape index (κ1) is 21.5. The number of rotatable bonds is 7. The van der Waals surface area contributed by atoms with E-state index in [1.807, 2.05) is 6.20 Å². The Kier molecular flexibility index (Phi) is 9.55. The molecule has 0 saturated heterocycles. The van der Waals surface area contributed by atoms with Crippen LogP contribution in [-0.2, 0) is 13.0 Å². The van der Waals surface area contributed by atoms with E-state index in [0.29, 0.717) is 6.54 Å². The van der Waals surface area contributed by atoms with Gasteiger partial charge >= 0.3 is 0 Å². The van der Waals surface area contributed by atoms with Crippen LogP contribution in [0.4, 0.5) is 0 Å². The molecule has 0 amide bonds. The summed E-state index contributed by atoms with van der Waals surface area (Å²) in [6.07, 6.45) is 3.98. The highest BCUT2D eigenvalue weighted by Crippen LogP contribution is 2.11. The molecule has 0 saturated carbocycles. The van der Waals surface area contributed by atoms with Crippen molar-refractivity contribution in [2.24, 2.45) is 4.99 Å². The third-order valence-corrected chi connectivity index (χ3v) is 4.10. The summed E-state index contributed by atoms with van der Waals surface area (Å²) < 4.78 is 0. The Morgan fingerprint density at radius 3 is 2.60 bits per heavy atom. The van der Waals surface area contributed by atoms with E-state index in [1.54, 1.807) is 0 Å². The van der Waals surface area contributed by atoms with Gasteiger partial charge in [-0.1, -0.05) is 23.8 Å². The molecule has 0 bridgehead atoms. The number of hydrogen-bond donors (Lipinski definition) is 3. The maximum atomic E-state index is 4.70. The largest absolute Gasteiger partial charge is 0.357 e. The lowest BCUT2D eigenvalue weighted by atomic mass is 10.1. The first-order chi connectivity index (χ1) is 11.6. The van der Waals surface area contributed by atoms with Crippen molar-refractivity contribution in [1.82, 2.24) is 20.8 Å². The zero-order valence-electron chi connectivity index (χ0n) is 15.6. The van der Waals surface area contributed by atoms with Gasteiger partial charge in [0.25, 0.3) is 0 Å². The van der Waals surface area contributed by atoms with E-state index in [4.69, 9.17) is 4.99 Å². The molecule has 25 heavy (non-hydrogen) atoms. The molecule has 0 fully saturated rings. The minimum absolute atomic E-state index is 0. The number of halogens is 1. The zero-order chi connectivity index (χ0) is 17.4. The van der Waals surface area contributed by atoms with Gasteiger partial charge in [-0.05, 0) is 57.2 Å². The Balaban J connectivity index is 0.00000312. The van der Waals surface area contributed by atoms with Gasteiger partial charge in [-0.2, -0.15) is 5.10 Å². The number of hydrogen-bond acceptors (Lipinski definition) is 2. The van der Waals surface area contributed by atoms with Crippen LogP contribution in [-0.4, -0.2) is 29.2 Å². The van der Waals surface area contributed by atoms with Gasteiger partial charge in [0.1, 0.15) is 0 Å². The second kappa shape index (κ2) is 11.1. The molecular weight excluding hydrogens is 425 g/mol. The number of H-pyrrole nitrogens is 1.